The summed E-state index contributed by atoms with van der Waals surface area (Å²) in [5.41, 5.74) is 0.934. The van der Waals surface area contributed by atoms with E-state index in [-0.39, 0.29) is 0 Å². The van der Waals surface area contributed by atoms with Gasteiger partial charge in [0, 0.05) is 24.2 Å². The van der Waals surface area contributed by atoms with Crippen LogP contribution in [0.15, 0.2) is 24.3 Å². The fourth-order valence-electron chi connectivity index (χ4n) is 0.998. The molecule has 0 saturated heterocycles. The third kappa shape index (κ3) is 3.62. The predicted octanol–water partition coefficient (Wildman–Crippen LogP) is 2.25. The molecule has 0 fully saturated rings. The minimum Gasteiger partial charge on any atom is -0.383 e. The van der Waals surface area contributed by atoms with Crippen LogP contribution in [0.5, 0.6) is 0 Å². The van der Waals surface area contributed by atoms with E-state index in [2.05, 4.69) is 5.32 Å². The summed E-state index contributed by atoms with van der Waals surface area (Å²) >= 11 is 11.0. The fraction of sp³-hybridized carbons (Fsp3) is 0.300. The molecule has 0 aromatic heterocycles. The number of methoxy groups -OCH3 is 1. The van der Waals surface area contributed by atoms with Gasteiger partial charge in [-0.1, -0.05) is 36.0 Å². The first-order chi connectivity index (χ1) is 6.74. The fourth-order valence-corrected chi connectivity index (χ4v) is 1.42. The van der Waals surface area contributed by atoms with E-state index >= 15 is 0 Å². The lowest BCUT2D eigenvalue weighted by Crippen LogP contribution is -2.25. The monoisotopic (exact) mass is 229 g/mol. The van der Waals surface area contributed by atoms with Crippen molar-refractivity contribution in [1.29, 1.82) is 0 Å². The zero-order chi connectivity index (χ0) is 10.4. The first-order valence-electron chi connectivity index (χ1n) is 4.26. The quantitative estimate of drug-likeness (QED) is 0.632. The summed E-state index contributed by atoms with van der Waals surface area (Å²) in [7, 11) is 1.66. The smallest absolute Gasteiger partial charge is 0.106 e. The standard InChI is InChI=1S/C10H12ClNOS/c1-13-6-5-12-10(14)8-3-2-4-9(11)7-8/h2-4,7H,5-6H2,1H3,(H,12,14). The lowest BCUT2D eigenvalue weighted by Gasteiger charge is -2.07. The largest absolute Gasteiger partial charge is 0.383 e. The number of benzene rings is 1. The molecule has 0 bridgehead atoms. The SMILES string of the molecule is COCCNC(=S)c1cccc(Cl)c1. The lowest BCUT2D eigenvalue weighted by molar-refractivity contribution is 0.204. The summed E-state index contributed by atoms with van der Waals surface area (Å²) in [5, 5.41) is 3.77. The summed E-state index contributed by atoms with van der Waals surface area (Å²) in [6.45, 7) is 1.35. The molecule has 1 aromatic carbocycles. The number of rotatable bonds is 4. The molecule has 0 aliphatic rings. The molecule has 0 atom stereocenters. The van der Waals surface area contributed by atoms with Crippen molar-refractivity contribution in [2.45, 2.75) is 0 Å². The predicted molar refractivity (Wildman–Crippen MR) is 63.0 cm³/mol. The highest BCUT2D eigenvalue weighted by Gasteiger charge is 1.99. The Kier molecular flexibility index (Phi) is 4.87. The Balaban J connectivity index is 2.52. The number of thiocarbonyl (C=S) groups is 1. The van der Waals surface area contributed by atoms with Crippen molar-refractivity contribution in [2.24, 2.45) is 0 Å². The molecule has 0 heterocycles. The summed E-state index contributed by atoms with van der Waals surface area (Å²) in [4.78, 5) is 0.699. The second kappa shape index (κ2) is 5.96. The van der Waals surface area contributed by atoms with Gasteiger partial charge < -0.3 is 10.1 Å². The second-order valence-electron chi connectivity index (χ2n) is 2.76. The Morgan fingerprint density at radius 1 is 1.57 bits per heavy atom. The summed E-state index contributed by atoms with van der Waals surface area (Å²) < 4.78 is 4.90. The Morgan fingerprint density at radius 3 is 3.00 bits per heavy atom. The van der Waals surface area contributed by atoms with E-state index < -0.39 is 0 Å². The molecule has 0 aliphatic heterocycles. The maximum absolute atomic E-state index is 5.84. The highest BCUT2D eigenvalue weighted by molar-refractivity contribution is 7.80. The molecule has 1 aromatic rings. The van der Waals surface area contributed by atoms with Crippen molar-refractivity contribution in [3.8, 4) is 0 Å². The van der Waals surface area contributed by atoms with Crippen molar-refractivity contribution >= 4 is 28.8 Å². The maximum Gasteiger partial charge on any atom is 0.106 e. The van der Waals surface area contributed by atoms with Crippen molar-refractivity contribution in [2.75, 3.05) is 20.3 Å². The highest BCUT2D eigenvalue weighted by Crippen LogP contribution is 2.10. The van der Waals surface area contributed by atoms with Crippen LogP contribution >= 0.6 is 23.8 Å². The van der Waals surface area contributed by atoms with E-state index in [1.165, 1.54) is 0 Å². The van der Waals surface area contributed by atoms with Crippen LogP contribution in [0.1, 0.15) is 5.56 Å². The van der Waals surface area contributed by atoms with E-state index in [4.69, 9.17) is 28.6 Å². The summed E-state index contributed by atoms with van der Waals surface area (Å²) in [6.07, 6.45) is 0. The van der Waals surface area contributed by atoms with Crippen LogP contribution in [0.3, 0.4) is 0 Å². The van der Waals surface area contributed by atoms with Crippen LogP contribution in [0, 0.1) is 0 Å². The van der Waals surface area contributed by atoms with Gasteiger partial charge in [-0.05, 0) is 12.1 Å². The van der Waals surface area contributed by atoms with Crippen molar-refractivity contribution in [3.05, 3.63) is 34.9 Å². The van der Waals surface area contributed by atoms with Gasteiger partial charge in [-0.3, -0.25) is 0 Å². The van der Waals surface area contributed by atoms with Gasteiger partial charge in [0.05, 0.1) is 6.61 Å². The summed E-state index contributed by atoms with van der Waals surface area (Å²) in [6, 6.07) is 7.46. The van der Waals surface area contributed by atoms with Crippen LogP contribution in [-0.4, -0.2) is 25.2 Å². The normalized spacial score (nSPS) is 9.86. The van der Waals surface area contributed by atoms with Crippen LogP contribution < -0.4 is 5.32 Å². The van der Waals surface area contributed by atoms with Crippen LogP contribution in [0.25, 0.3) is 0 Å². The van der Waals surface area contributed by atoms with Crippen LogP contribution in [0.4, 0.5) is 0 Å². The van der Waals surface area contributed by atoms with E-state index in [1.54, 1.807) is 7.11 Å². The maximum atomic E-state index is 5.84. The average molecular weight is 230 g/mol. The number of hydrogen-bond donors (Lipinski definition) is 1. The van der Waals surface area contributed by atoms with E-state index in [0.717, 1.165) is 5.56 Å². The van der Waals surface area contributed by atoms with E-state index in [0.29, 0.717) is 23.2 Å². The molecule has 2 nitrogen and oxygen atoms in total. The zero-order valence-corrected chi connectivity index (χ0v) is 9.49. The van der Waals surface area contributed by atoms with Gasteiger partial charge >= 0.3 is 0 Å². The van der Waals surface area contributed by atoms with Gasteiger partial charge in [-0.25, -0.2) is 0 Å². The van der Waals surface area contributed by atoms with Gasteiger partial charge in [0.2, 0.25) is 0 Å². The molecule has 0 saturated carbocycles. The van der Waals surface area contributed by atoms with Gasteiger partial charge in [0.1, 0.15) is 4.99 Å². The van der Waals surface area contributed by atoms with Gasteiger partial charge in [-0.15, -0.1) is 0 Å². The number of nitrogens with one attached hydrogen (secondary N) is 1. The molecule has 4 heteroatoms. The third-order valence-electron chi connectivity index (χ3n) is 1.68. The van der Waals surface area contributed by atoms with E-state index in [1.807, 2.05) is 24.3 Å². The van der Waals surface area contributed by atoms with Crippen molar-refractivity contribution < 1.29 is 4.74 Å². The third-order valence-corrected chi connectivity index (χ3v) is 2.29. The average Bonchev–Trinajstić information content (AvgIpc) is 2.18. The molecule has 0 unspecified atom stereocenters. The Bertz CT molecular complexity index is 317. The topological polar surface area (TPSA) is 21.3 Å². The molecule has 76 valence electrons. The molecule has 0 amide bonds. The minimum atomic E-state index is 0.640. The van der Waals surface area contributed by atoms with Crippen molar-refractivity contribution in [1.82, 2.24) is 5.32 Å². The second-order valence-corrected chi connectivity index (χ2v) is 3.60. The van der Waals surface area contributed by atoms with Gasteiger partial charge in [0.25, 0.3) is 0 Å². The number of halogens is 1. The minimum absolute atomic E-state index is 0.640. The molecule has 0 aliphatic carbocycles. The molecule has 1 rings (SSSR count). The van der Waals surface area contributed by atoms with Gasteiger partial charge in [-0.2, -0.15) is 0 Å². The molecule has 0 radical (unpaired) electrons. The Morgan fingerprint density at radius 2 is 2.36 bits per heavy atom. The molecule has 0 spiro atoms. The lowest BCUT2D eigenvalue weighted by atomic mass is 10.2. The molecule has 1 N–H and O–H groups in total. The van der Waals surface area contributed by atoms with Crippen LogP contribution in [-0.2, 0) is 4.74 Å². The van der Waals surface area contributed by atoms with Gasteiger partial charge in [0.15, 0.2) is 0 Å². The van der Waals surface area contributed by atoms with Crippen molar-refractivity contribution in [3.63, 3.8) is 0 Å². The van der Waals surface area contributed by atoms with E-state index in [9.17, 15) is 0 Å². The molecular weight excluding hydrogens is 218 g/mol. The number of hydrogen-bond acceptors (Lipinski definition) is 2. The van der Waals surface area contributed by atoms with Crippen LogP contribution in [0.2, 0.25) is 5.02 Å². The Labute approximate surface area is 94.2 Å². The first-order valence-corrected chi connectivity index (χ1v) is 5.05. The Hall–Kier alpha value is -0.640. The molecule has 14 heavy (non-hydrogen) atoms. The summed E-state index contributed by atoms with van der Waals surface area (Å²) in [5.74, 6) is 0. The highest BCUT2D eigenvalue weighted by atomic mass is 35.5. The first kappa shape index (κ1) is 11.4. The zero-order valence-electron chi connectivity index (χ0n) is 7.92. The molecular formula is C10H12ClNOS. The number of ether oxygens (including phenoxy) is 1.